The standard InChI is InChI=1S/C11H11ClN2O/c1-6-7-3-4-14-11(15)8(7)5-9(12)10(6)13-2/h3-5,13H,1-2H3,(H,14,15). The van der Waals surface area contributed by atoms with Crippen LogP contribution in [0.5, 0.6) is 0 Å². The van der Waals surface area contributed by atoms with E-state index in [1.807, 2.05) is 20.0 Å². The molecule has 3 nitrogen and oxygen atoms in total. The fourth-order valence-electron chi connectivity index (χ4n) is 1.78. The minimum atomic E-state index is -0.111. The highest BCUT2D eigenvalue weighted by atomic mass is 35.5. The van der Waals surface area contributed by atoms with Crippen LogP contribution in [0.4, 0.5) is 5.69 Å². The van der Waals surface area contributed by atoms with E-state index in [1.54, 1.807) is 12.3 Å². The Morgan fingerprint density at radius 1 is 1.40 bits per heavy atom. The fourth-order valence-corrected chi connectivity index (χ4v) is 2.13. The van der Waals surface area contributed by atoms with Crippen molar-refractivity contribution in [2.24, 2.45) is 0 Å². The summed E-state index contributed by atoms with van der Waals surface area (Å²) in [6.07, 6.45) is 1.64. The molecule has 2 rings (SSSR count). The monoisotopic (exact) mass is 222 g/mol. The van der Waals surface area contributed by atoms with E-state index in [4.69, 9.17) is 11.6 Å². The molecule has 0 fully saturated rings. The fraction of sp³-hybridized carbons (Fsp3) is 0.182. The van der Waals surface area contributed by atoms with Gasteiger partial charge >= 0.3 is 0 Å². The largest absolute Gasteiger partial charge is 0.387 e. The molecule has 0 aliphatic carbocycles. The zero-order valence-electron chi connectivity index (χ0n) is 8.52. The lowest BCUT2D eigenvalue weighted by Gasteiger charge is -2.10. The number of fused-ring (bicyclic) bond motifs is 1. The van der Waals surface area contributed by atoms with E-state index in [2.05, 4.69) is 10.3 Å². The van der Waals surface area contributed by atoms with E-state index in [0.717, 1.165) is 16.6 Å². The first kappa shape index (κ1) is 10.1. The molecule has 0 amide bonds. The third-order valence-electron chi connectivity index (χ3n) is 2.54. The second kappa shape index (κ2) is 3.59. The molecule has 1 heterocycles. The molecule has 15 heavy (non-hydrogen) atoms. The Kier molecular flexibility index (Phi) is 2.40. The Morgan fingerprint density at radius 2 is 2.13 bits per heavy atom. The van der Waals surface area contributed by atoms with Crippen molar-refractivity contribution in [1.82, 2.24) is 4.98 Å². The maximum atomic E-state index is 11.5. The molecule has 0 unspecified atom stereocenters. The Morgan fingerprint density at radius 3 is 2.80 bits per heavy atom. The molecular weight excluding hydrogens is 212 g/mol. The van der Waals surface area contributed by atoms with Gasteiger partial charge in [-0.05, 0) is 30.0 Å². The van der Waals surface area contributed by atoms with Crippen LogP contribution in [0.25, 0.3) is 10.8 Å². The van der Waals surface area contributed by atoms with Gasteiger partial charge in [-0.1, -0.05) is 11.6 Å². The summed E-state index contributed by atoms with van der Waals surface area (Å²) in [5, 5.41) is 5.15. The van der Waals surface area contributed by atoms with Crippen LogP contribution in [0.1, 0.15) is 5.56 Å². The van der Waals surface area contributed by atoms with Crippen LogP contribution in [0.3, 0.4) is 0 Å². The van der Waals surface area contributed by atoms with Crippen molar-refractivity contribution in [1.29, 1.82) is 0 Å². The molecule has 0 atom stereocenters. The van der Waals surface area contributed by atoms with Gasteiger partial charge in [0.2, 0.25) is 0 Å². The Bertz CT molecular complexity index is 575. The molecule has 78 valence electrons. The van der Waals surface area contributed by atoms with E-state index in [9.17, 15) is 4.79 Å². The highest BCUT2D eigenvalue weighted by Gasteiger charge is 2.09. The molecule has 0 aliphatic heterocycles. The van der Waals surface area contributed by atoms with Crippen LogP contribution >= 0.6 is 11.6 Å². The van der Waals surface area contributed by atoms with Crippen LogP contribution in [-0.4, -0.2) is 12.0 Å². The summed E-state index contributed by atoms with van der Waals surface area (Å²) >= 11 is 6.07. The topological polar surface area (TPSA) is 44.9 Å². The lowest BCUT2D eigenvalue weighted by molar-refractivity contribution is 1.27. The summed E-state index contributed by atoms with van der Waals surface area (Å²) in [6.45, 7) is 1.94. The zero-order valence-corrected chi connectivity index (χ0v) is 9.27. The van der Waals surface area contributed by atoms with Gasteiger partial charge in [-0.15, -0.1) is 0 Å². The Balaban J connectivity index is 2.97. The molecule has 1 aromatic heterocycles. The van der Waals surface area contributed by atoms with Crippen molar-refractivity contribution in [3.05, 3.63) is 39.3 Å². The van der Waals surface area contributed by atoms with Crippen molar-refractivity contribution in [3.8, 4) is 0 Å². The van der Waals surface area contributed by atoms with E-state index >= 15 is 0 Å². The Hall–Kier alpha value is -1.48. The lowest BCUT2D eigenvalue weighted by atomic mass is 10.1. The van der Waals surface area contributed by atoms with Gasteiger partial charge in [-0.3, -0.25) is 4.79 Å². The number of aromatic nitrogens is 1. The van der Waals surface area contributed by atoms with Crippen molar-refractivity contribution in [2.45, 2.75) is 6.92 Å². The Labute approximate surface area is 92.1 Å². The van der Waals surface area contributed by atoms with Crippen molar-refractivity contribution in [3.63, 3.8) is 0 Å². The summed E-state index contributed by atoms with van der Waals surface area (Å²) in [5.41, 5.74) is 1.75. The maximum absolute atomic E-state index is 11.5. The second-order valence-corrected chi connectivity index (χ2v) is 3.78. The first-order valence-electron chi connectivity index (χ1n) is 4.63. The predicted octanol–water partition coefficient (Wildman–Crippen LogP) is 2.53. The summed E-state index contributed by atoms with van der Waals surface area (Å²) in [4.78, 5) is 14.2. The molecule has 4 heteroatoms. The number of pyridine rings is 1. The van der Waals surface area contributed by atoms with Gasteiger partial charge in [-0.25, -0.2) is 0 Å². The molecule has 0 saturated heterocycles. The average Bonchev–Trinajstić information content (AvgIpc) is 2.20. The number of hydrogen-bond donors (Lipinski definition) is 2. The van der Waals surface area contributed by atoms with Crippen LogP contribution in [-0.2, 0) is 0 Å². The summed E-state index contributed by atoms with van der Waals surface area (Å²) < 4.78 is 0. The van der Waals surface area contributed by atoms with Gasteiger partial charge in [0.25, 0.3) is 5.56 Å². The third-order valence-corrected chi connectivity index (χ3v) is 2.84. The minimum absolute atomic E-state index is 0.111. The quantitative estimate of drug-likeness (QED) is 0.779. The molecule has 0 aliphatic rings. The van der Waals surface area contributed by atoms with Crippen molar-refractivity contribution < 1.29 is 0 Å². The van der Waals surface area contributed by atoms with Gasteiger partial charge in [0.05, 0.1) is 10.7 Å². The van der Waals surface area contributed by atoms with E-state index < -0.39 is 0 Å². The molecular formula is C11H11ClN2O. The average molecular weight is 223 g/mol. The summed E-state index contributed by atoms with van der Waals surface area (Å²) in [7, 11) is 1.81. The van der Waals surface area contributed by atoms with Crippen LogP contribution in [0, 0.1) is 6.92 Å². The number of rotatable bonds is 1. The number of hydrogen-bond acceptors (Lipinski definition) is 2. The van der Waals surface area contributed by atoms with Crippen LogP contribution < -0.4 is 10.9 Å². The van der Waals surface area contributed by atoms with Crippen LogP contribution in [0.2, 0.25) is 5.02 Å². The van der Waals surface area contributed by atoms with E-state index in [-0.39, 0.29) is 5.56 Å². The van der Waals surface area contributed by atoms with Gasteiger partial charge in [0.15, 0.2) is 0 Å². The van der Waals surface area contributed by atoms with Crippen LogP contribution in [0.15, 0.2) is 23.1 Å². The predicted molar refractivity (Wildman–Crippen MR) is 63.9 cm³/mol. The van der Waals surface area contributed by atoms with Gasteiger partial charge in [-0.2, -0.15) is 0 Å². The minimum Gasteiger partial charge on any atom is -0.387 e. The first-order chi connectivity index (χ1) is 7.15. The molecule has 0 spiro atoms. The molecule has 2 N–H and O–H groups in total. The molecule has 0 radical (unpaired) electrons. The highest BCUT2D eigenvalue weighted by Crippen LogP contribution is 2.30. The van der Waals surface area contributed by atoms with Gasteiger partial charge < -0.3 is 10.3 Å². The normalized spacial score (nSPS) is 10.6. The van der Waals surface area contributed by atoms with Gasteiger partial charge in [0, 0.05) is 18.6 Å². The molecule has 2 aromatic rings. The van der Waals surface area contributed by atoms with E-state index in [0.29, 0.717) is 10.4 Å². The number of aromatic amines is 1. The number of aryl methyl sites for hydroxylation is 1. The number of nitrogens with one attached hydrogen (secondary N) is 2. The highest BCUT2D eigenvalue weighted by molar-refractivity contribution is 6.34. The molecule has 1 aromatic carbocycles. The van der Waals surface area contributed by atoms with Crippen molar-refractivity contribution >= 4 is 28.1 Å². The third kappa shape index (κ3) is 1.49. The maximum Gasteiger partial charge on any atom is 0.255 e. The SMILES string of the molecule is CNc1c(Cl)cc2c(=O)[nH]ccc2c1C. The zero-order chi connectivity index (χ0) is 11.0. The summed E-state index contributed by atoms with van der Waals surface area (Å²) in [6, 6.07) is 3.57. The number of anilines is 1. The number of benzene rings is 1. The number of H-pyrrole nitrogens is 1. The van der Waals surface area contributed by atoms with Gasteiger partial charge in [0.1, 0.15) is 0 Å². The summed E-state index contributed by atoms with van der Waals surface area (Å²) in [5.74, 6) is 0. The van der Waals surface area contributed by atoms with Crippen molar-refractivity contribution in [2.75, 3.05) is 12.4 Å². The molecule has 0 saturated carbocycles. The second-order valence-electron chi connectivity index (χ2n) is 3.38. The molecule has 0 bridgehead atoms. The first-order valence-corrected chi connectivity index (χ1v) is 5.01. The van der Waals surface area contributed by atoms with E-state index in [1.165, 1.54) is 0 Å². The lowest BCUT2D eigenvalue weighted by Crippen LogP contribution is -2.06. The number of halogens is 1. The smallest absolute Gasteiger partial charge is 0.255 e.